The summed E-state index contributed by atoms with van der Waals surface area (Å²) < 4.78 is 0. The fourth-order valence-electron chi connectivity index (χ4n) is 1.10. The van der Waals surface area contributed by atoms with E-state index in [1.54, 1.807) is 6.92 Å². The number of allylic oxidation sites excluding steroid dienone is 1. The van der Waals surface area contributed by atoms with E-state index in [1.807, 2.05) is 0 Å². The van der Waals surface area contributed by atoms with Crippen LogP contribution >= 0.6 is 0 Å². The van der Waals surface area contributed by atoms with Crippen LogP contribution in [0.25, 0.3) is 0 Å². The molecule has 18 heavy (non-hydrogen) atoms. The summed E-state index contributed by atoms with van der Waals surface area (Å²) in [5.41, 5.74) is 0.335. The zero-order chi connectivity index (χ0) is 12.7. The maximum atomic E-state index is 10.6. The van der Waals surface area contributed by atoms with E-state index in [4.69, 9.17) is 16.8 Å². The average molecular weight is 325 g/mol. The molecule has 0 aliphatic carbocycles. The molecule has 94 valence electrons. The molecule has 1 aromatic carbocycles. The molecular weight excluding hydrogens is 312 g/mol. The van der Waals surface area contributed by atoms with E-state index in [-0.39, 0.29) is 56.7 Å². The van der Waals surface area contributed by atoms with Gasteiger partial charge in [0.2, 0.25) is 0 Å². The molecule has 0 aromatic heterocycles. The molecule has 0 saturated heterocycles. The Labute approximate surface area is 133 Å². The predicted molar refractivity (Wildman–Crippen MR) is 65.4 cm³/mol. The van der Waals surface area contributed by atoms with E-state index in [1.165, 1.54) is 31.2 Å². The van der Waals surface area contributed by atoms with Gasteiger partial charge in [-0.15, -0.1) is 0 Å². The average Bonchev–Trinajstić information content (AvgIpc) is 2.18. The molecular formula is C12H13BrMgO4. The van der Waals surface area contributed by atoms with Gasteiger partial charge in [-0.1, -0.05) is 13.0 Å². The van der Waals surface area contributed by atoms with Gasteiger partial charge < -0.3 is 33.8 Å². The van der Waals surface area contributed by atoms with Crippen LogP contribution in [0.1, 0.15) is 33.2 Å². The van der Waals surface area contributed by atoms with E-state index >= 15 is 0 Å². The monoisotopic (exact) mass is 324 g/mol. The Morgan fingerprint density at radius 1 is 1.17 bits per heavy atom. The quantitative estimate of drug-likeness (QED) is 0.541. The van der Waals surface area contributed by atoms with Gasteiger partial charge in [-0.2, -0.15) is 0 Å². The molecule has 0 aliphatic heterocycles. The number of carboxylic acid groups (broad SMARTS) is 2. The van der Waals surface area contributed by atoms with Crippen LogP contribution in [-0.4, -0.2) is 45.2 Å². The number of carboxylic acids is 2. The van der Waals surface area contributed by atoms with Crippen LogP contribution in [0, 0.1) is 13.5 Å². The van der Waals surface area contributed by atoms with E-state index < -0.39 is 11.9 Å². The van der Waals surface area contributed by atoms with Gasteiger partial charge in [0.15, 0.2) is 0 Å². The molecule has 4 nitrogen and oxygen atoms in total. The van der Waals surface area contributed by atoms with Crippen LogP contribution < -0.4 is 17.0 Å². The minimum absolute atomic E-state index is 0. The minimum atomic E-state index is -1.11. The number of aromatic carboxylic acids is 2. The largest absolute Gasteiger partial charge is 2.00 e. The first-order valence-electron chi connectivity index (χ1n) is 4.51. The van der Waals surface area contributed by atoms with Crippen LogP contribution in [0.4, 0.5) is 0 Å². The number of rotatable bonds is 2. The van der Waals surface area contributed by atoms with Gasteiger partial charge in [0.1, 0.15) is 0 Å². The van der Waals surface area contributed by atoms with Gasteiger partial charge in [-0.05, 0) is 24.6 Å². The molecule has 0 heterocycles. The molecule has 2 N–H and O–H groups in total. The zero-order valence-electron chi connectivity index (χ0n) is 10.2. The summed E-state index contributed by atoms with van der Waals surface area (Å²) in [4.78, 5) is 21.2. The molecule has 0 spiro atoms. The summed E-state index contributed by atoms with van der Waals surface area (Å²) in [6.07, 6.45) is 1.50. The molecule has 0 fully saturated rings. The summed E-state index contributed by atoms with van der Waals surface area (Å²) in [7, 11) is 0. The fraction of sp³-hybridized carbons (Fsp3) is 0.167. The second kappa shape index (κ2) is 11.2. The Morgan fingerprint density at radius 2 is 1.44 bits per heavy atom. The summed E-state index contributed by atoms with van der Waals surface area (Å²) in [6.45, 7) is 7.98. The molecule has 6 heteroatoms. The van der Waals surface area contributed by atoms with Crippen molar-refractivity contribution in [3.05, 3.63) is 47.5 Å². The topological polar surface area (TPSA) is 74.6 Å². The molecule has 0 aliphatic rings. The predicted octanol–water partition coefficient (Wildman–Crippen LogP) is -0.990. The number of hydrogen-bond acceptors (Lipinski definition) is 2. The second-order valence-corrected chi connectivity index (χ2v) is 2.92. The smallest absolute Gasteiger partial charge is 1.00 e. The summed E-state index contributed by atoms with van der Waals surface area (Å²) >= 11 is 0. The van der Waals surface area contributed by atoms with Crippen molar-refractivity contribution >= 4 is 35.0 Å². The Morgan fingerprint density at radius 3 is 1.67 bits per heavy atom. The maximum absolute atomic E-state index is 10.6. The Hall–Kier alpha value is -0.854. The summed E-state index contributed by atoms with van der Waals surface area (Å²) in [5.74, 6) is -2.22. The molecule has 0 bridgehead atoms. The molecule has 0 saturated carbocycles. The van der Waals surface area contributed by atoms with Crippen molar-refractivity contribution in [2.45, 2.75) is 13.8 Å². The van der Waals surface area contributed by atoms with Crippen molar-refractivity contribution in [3.8, 4) is 0 Å². The van der Waals surface area contributed by atoms with Crippen LogP contribution in [0.15, 0.2) is 24.3 Å². The Kier molecular flexibility index (Phi) is 14.0. The van der Waals surface area contributed by atoms with Crippen molar-refractivity contribution in [3.63, 3.8) is 0 Å². The van der Waals surface area contributed by atoms with Crippen LogP contribution in [0.3, 0.4) is 0 Å². The fourth-order valence-corrected chi connectivity index (χ4v) is 1.10. The molecule has 1 aromatic rings. The van der Waals surface area contributed by atoms with E-state index in [9.17, 15) is 9.59 Å². The number of hydrogen-bond donors (Lipinski definition) is 2. The first-order valence-corrected chi connectivity index (χ1v) is 4.51. The van der Waals surface area contributed by atoms with Crippen LogP contribution in [-0.2, 0) is 0 Å². The number of benzene rings is 1. The second-order valence-electron chi connectivity index (χ2n) is 2.92. The van der Waals surface area contributed by atoms with Gasteiger partial charge in [0, 0.05) is 0 Å². The molecule has 0 radical (unpaired) electrons. The molecule has 1 rings (SSSR count). The SMILES string of the molecule is Cc1c(C(=O)O)cccc1C(=O)O.[Br-].[CH-]=CC.[Mg+2]. The normalized spacial score (nSPS) is 7.67. The van der Waals surface area contributed by atoms with Crippen molar-refractivity contribution in [1.82, 2.24) is 0 Å². The van der Waals surface area contributed by atoms with Crippen molar-refractivity contribution in [2.75, 3.05) is 0 Å². The molecule has 0 amide bonds. The third-order valence-electron chi connectivity index (χ3n) is 1.79. The summed E-state index contributed by atoms with van der Waals surface area (Å²) in [5, 5.41) is 17.4. The zero-order valence-corrected chi connectivity index (χ0v) is 13.2. The van der Waals surface area contributed by atoms with Crippen molar-refractivity contribution in [2.24, 2.45) is 0 Å². The van der Waals surface area contributed by atoms with Crippen molar-refractivity contribution in [1.29, 1.82) is 0 Å². The standard InChI is InChI=1S/C9H8O4.C3H5.BrH.Mg/c1-5-6(8(10)11)3-2-4-7(5)9(12)13;1-3-2;;/h2-4H,1H3,(H,10,11)(H,12,13);1,3H,2H3;1H;/q;-1;;+2/p-1. The first-order chi connectivity index (χ1) is 7.45. The van der Waals surface area contributed by atoms with Crippen LogP contribution in [0.2, 0.25) is 0 Å². The Bertz CT molecular complexity index is 386. The number of carbonyl (C=O) groups is 2. The van der Waals surface area contributed by atoms with Gasteiger partial charge >= 0.3 is 35.0 Å². The third-order valence-corrected chi connectivity index (χ3v) is 1.79. The summed E-state index contributed by atoms with van der Waals surface area (Å²) in [6, 6.07) is 4.17. The van der Waals surface area contributed by atoms with Crippen molar-refractivity contribution < 1.29 is 36.8 Å². The van der Waals surface area contributed by atoms with Gasteiger partial charge in [0.25, 0.3) is 0 Å². The van der Waals surface area contributed by atoms with E-state index in [0.29, 0.717) is 0 Å². The minimum Gasteiger partial charge on any atom is -1.00 e. The molecule has 0 unspecified atom stereocenters. The Balaban J connectivity index is -0.000000410. The first kappa shape index (κ1) is 22.3. The van der Waals surface area contributed by atoms with Gasteiger partial charge in [0.05, 0.1) is 11.1 Å². The van der Waals surface area contributed by atoms with E-state index in [2.05, 4.69) is 0 Å². The van der Waals surface area contributed by atoms with Crippen LogP contribution in [0.5, 0.6) is 0 Å². The third kappa shape index (κ3) is 6.78. The van der Waals surface area contributed by atoms with E-state index in [0.717, 1.165) is 0 Å². The van der Waals surface area contributed by atoms with Gasteiger partial charge in [-0.3, -0.25) is 6.08 Å². The number of halogens is 1. The molecule has 0 atom stereocenters. The maximum Gasteiger partial charge on any atom is 2.00 e. The van der Waals surface area contributed by atoms with Gasteiger partial charge in [-0.25, -0.2) is 9.59 Å².